The fourth-order valence-corrected chi connectivity index (χ4v) is 1.44. The molecule has 0 fully saturated rings. The van der Waals surface area contributed by atoms with Crippen LogP contribution in [0.1, 0.15) is 17.3 Å². The lowest BCUT2D eigenvalue weighted by Crippen LogP contribution is -2.17. The van der Waals surface area contributed by atoms with Gasteiger partial charge in [-0.2, -0.15) is 0 Å². The Labute approximate surface area is 91.0 Å². The number of aromatic nitrogens is 2. The zero-order valence-corrected chi connectivity index (χ0v) is 8.27. The molecule has 2 aromatic rings. The minimum absolute atomic E-state index is 0.179. The van der Waals surface area contributed by atoms with Crippen LogP contribution in [-0.4, -0.2) is 9.97 Å². The Morgan fingerprint density at radius 3 is 2.38 bits per heavy atom. The molecule has 0 aliphatic rings. The van der Waals surface area contributed by atoms with E-state index in [1.165, 1.54) is 36.8 Å². The molecule has 1 atom stereocenters. The molecule has 0 spiro atoms. The second-order valence-electron chi connectivity index (χ2n) is 3.25. The summed E-state index contributed by atoms with van der Waals surface area (Å²) in [6, 6.07) is 4.22. The Balaban J connectivity index is 2.46. The molecule has 1 unspecified atom stereocenters. The van der Waals surface area contributed by atoms with E-state index in [1.807, 2.05) is 0 Å². The van der Waals surface area contributed by atoms with Gasteiger partial charge in [-0.05, 0) is 18.2 Å². The summed E-state index contributed by atoms with van der Waals surface area (Å²) >= 11 is 0. The average molecular weight is 221 g/mol. The van der Waals surface area contributed by atoms with Crippen molar-refractivity contribution in [1.82, 2.24) is 9.97 Å². The molecular formula is C11H9F2N3. The highest BCUT2D eigenvalue weighted by Crippen LogP contribution is 2.22. The van der Waals surface area contributed by atoms with Gasteiger partial charge in [0.05, 0.1) is 11.7 Å². The van der Waals surface area contributed by atoms with Crippen molar-refractivity contribution < 1.29 is 8.78 Å². The monoisotopic (exact) mass is 221 g/mol. The standard InChI is InChI=1S/C11H9F2N3/c12-7-2-1-3-8(13)10(7)11(14)9-4-5-15-6-16-9/h1-6,11H,14H2. The first kappa shape index (κ1) is 10.6. The van der Waals surface area contributed by atoms with Gasteiger partial charge in [0.2, 0.25) is 0 Å². The molecule has 1 heterocycles. The molecule has 2 N–H and O–H groups in total. The summed E-state index contributed by atoms with van der Waals surface area (Å²) in [6.07, 6.45) is 2.76. The van der Waals surface area contributed by atoms with Crippen LogP contribution in [0.3, 0.4) is 0 Å². The van der Waals surface area contributed by atoms with Crippen molar-refractivity contribution in [2.45, 2.75) is 6.04 Å². The van der Waals surface area contributed by atoms with E-state index >= 15 is 0 Å². The van der Waals surface area contributed by atoms with E-state index in [2.05, 4.69) is 9.97 Å². The van der Waals surface area contributed by atoms with Crippen molar-refractivity contribution in [1.29, 1.82) is 0 Å². The molecule has 2 rings (SSSR count). The Kier molecular flexibility index (Phi) is 2.87. The van der Waals surface area contributed by atoms with Crippen LogP contribution < -0.4 is 5.73 Å². The summed E-state index contributed by atoms with van der Waals surface area (Å²) in [5.41, 5.74) is 5.94. The van der Waals surface area contributed by atoms with Gasteiger partial charge in [-0.3, -0.25) is 0 Å². The first-order chi connectivity index (χ1) is 7.70. The van der Waals surface area contributed by atoms with E-state index < -0.39 is 17.7 Å². The van der Waals surface area contributed by atoms with E-state index in [0.717, 1.165) is 0 Å². The largest absolute Gasteiger partial charge is 0.319 e. The fraction of sp³-hybridized carbons (Fsp3) is 0.0909. The lowest BCUT2D eigenvalue weighted by molar-refractivity contribution is 0.540. The van der Waals surface area contributed by atoms with Gasteiger partial charge in [0.15, 0.2) is 0 Å². The Hall–Kier alpha value is -1.88. The molecule has 16 heavy (non-hydrogen) atoms. The van der Waals surface area contributed by atoms with Crippen LogP contribution in [0, 0.1) is 11.6 Å². The second-order valence-corrected chi connectivity index (χ2v) is 3.25. The number of hydrogen-bond donors (Lipinski definition) is 1. The molecule has 3 nitrogen and oxygen atoms in total. The molecule has 0 amide bonds. The third kappa shape index (κ3) is 1.90. The highest BCUT2D eigenvalue weighted by Gasteiger charge is 2.18. The van der Waals surface area contributed by atoms with E-state index in [-0.39, 0.29) is 5.56 Å². The summed E-state index contributed by atoms with van der Waals surface area (Å²) < 4.78 is 26.8. The smallest absolute Gasteiger partial charge is 0.131 e. The van der Waals surface area contributed by atoms with Gasteiger partial charge in [-0.15, -0.1) is 0 Å². The summed E-state index contributed by atoms with van der Waals surface area (Å²) in [4.78, 5) is 7.58. The molecule has 0 aliphatic carbocycles. The third-order valence-corrected chi connectivity index (χ3v) is 2.23. The minimum atomic E-state index is -0.927. The average Bonchev–Trinajstić information content (AvgIpc) is 2.30. The van der Waals surface area contributed by atoms with Crippen LogP contribution in [0.2, 0.25) is 0 Å². The lowest BCUT2D eigenvalue weighted by Gasteiger charge is -2.12. The SMILES string of the molecule is NC(c1ccncn1)c1c(F)cccc1F. The maximum atomic E-state index is 13.4. The predicted octanol–water partition coefficient (Wildman–Crippen LogP) is 1.80. The van der Waals surface area contributed by atoms with Crippen molar-refractivity contribution in [2.24, 2.45) is 5.73 Å². The molecule has 0 saturated carbocycles. The highest BCUT2D eigenvalue weighted by atomic mass is 19.1. The van der Waals surface area contributed by atoms with Gasteiger partial charge >= 0.3 is 0 Å². The lowest BCUT2D eigenvalue weighted by atomic mass is 10.0. The van der Waals surface area contributed by atoms with Crippen LogP contribution >= 0.6 is 0 Å². The van der Waals surface area contributed by atoms with E-state index in [9.17, 15) is 8.78 Å². The number of benzene rings is 1. The second kappa shape index (κ2) is 4.32. The highest BCUT2D eigenvalue weighted by molar-refractivity contribution is 5.29. The maximum absolute atomic E-state index is 13.4. The van der Waals surface area contributed by atoms with Gasteiger partial charge in [-0.25, -0.2) is 18.7 Å². The molecule has 0 saturated heterocycles. The summed E-state index contributed by atoms with van der Waals surface area (Å²) in [5, 5.41) is 0. The van der Waals surface area contributed by atoms with Crippen LogP contribution in [0.5, 0.6) is 0 Å². The van der Waals surface area contributed by atoms with Gasteiger partial charge in [0.1, 0.15) is 18.0 Å². The molecule has 1 aromatic carbocycles. The summed E-state index contributed by atoms with van der Waals surface area (Å²) in [6.45, 7) is 0. The van der Waals surface area contributed by atoms with E-state index in [4.69, 9.17) is 5.73 Å². The van der Waals surface area contributed by atoms with Crippen molar-refractivity contribution in [3.05, 3.63) is 59.7 Å². The number of hydrogen-bond acceptors (Lipinski definition) is 3. The minimum Gasteiger partial charge on any atom is -0.319 e. The first-order valence-electron chi connectivity index (χ1n) is 4.65. The third-order valence-electron chi connectivity index (χ3n) is 2.23. The van der Waals surface area contributed by atoms with Crippen LogP contribution in [0.4, 0.5) is 8.78 Å². The fourth-order valence-electron chi connectivity index (χ4n) is 1.44. The van der Waals surface area contributed by atoms with Crippen molar-refractivity contribution in [2.75, 3.05) is 0 Å². The zero-order chi connectivity index (χ0) is 11.5. The van der Waals surface area contributed by atoms with E-state index in [1.54, 1.807) is 0 Å². The van der Waals surface area contributed by atoms with Crippen LogP contribution in [0.25, 0.3) is 0 Å². The Morgan fingerprint density at radius 2 is 1.81 bits per heavy atom. The topological polar surface area (TPSA) is 51.8 Å². The molecular weight excluding hydrogens is 212 g/mol. The summed E-state index contributed by atoms with van der Waals surface area (Å²) in [5.74, 6) is -1.35. The van der Waals surface area contributed by atoms with Crippen molar-refractivity contribution >= 4 is 0 Å². The summed E-state index contributed by atoms with van der Waals surface area (Å²) in [7, 11) is 0. The first-order valence-corrected chi connectivity index (χ1v) is 4.65. The van der Waals surface area contributed by atoms with Gasteiger partial charge in [-0.1, -0.05) is 6.07 Å². The van der Waals surface area contributed by atoms with Crippen LogP contribution in [0.15, 0.2) is 36.8 Å². The zero-order valence-electron chi connectivity index (χ0n) is 8.27. The van der Waals surface area contributed by atoms with Crippen molar-refractivity contribution in [3.8, 4) is 0 Å². The van der Waals surface area contributed by atoms with Crippen molar-refractivity contribution in [3.63, 3.8) is 0 Å². The number of nitrogens with zero attached hydrogens (tertiary/aromatic N) is 2. The molecule has 5 heteroatoms. The quantitative estimate of drug-likeness (QED) is 0.841. The normalized spacial score (nSPS) is 12.4. The number of rotatable bonds is 2. The molecule has 0 radical (unpaired) electrons. The molecule has 1 aromatic heterocycles. The molecule has 0 aliphatic heterocycles. The maximum Gasteiger partial charge on any atom is 0.131 e. The molecule has 82 valence electrons. The van der Waals surface area contributed by atoms with Gasteiger partial charge in [0.25, 0.3) is 0 Å². The number of halogens is 2. The Bertz CT molecular complexity index is 468. The molecule has 0 bridgehead atoms. The Morgan fingerprint density at radius 1 is 1.12 bits per heavy atom. The van der Waals surface area contributed by atoms with Crippen LogP contribution in [-0.2, 0) is 0 Å². The van der Waals surface area contributed by atoms with Gasteiger partial charge in [0, 0.05) is 11.8 Å². The predicted molar refractivity (Wildman–Crippen MR) is 54.4 cm³/mol. The van der Waals surface area contributed by atoms with Gasteiger partial charge < -0.3 is 5.73 Å². The van der Waals surface area contributed by atoms with E-state index in [0.29, 0.717) is 5.69 Å². The number of nitrogens with two attached hydrogens (primary N) is 1.